The first-order chi connectivity index (χ1) is 11.1. The molecule has 0 N–H and O–H groups in total. The summed E-state index contributed by atoms with van der Waals surface area (Å²) in [6, 6.07) is 8.90. The minimum absolute atomic E-state index is 0.198. The predicted molar refractivity (Wildman–Crippen MR) is 90.3 cm³/mol. The molecule has 1 aromatic carbocycles. The van der Waals surface area contributed by atoms with Gasteiger partial charge in [0.15, 0.2) is 0 Å². The second-order valence-corrected chi connectivity index (χ2v) is 6.00. The van der Waals surface area contributed by atoms with Crippen LogP contribution in [0.25, 0.3) is 16.6 Å². The molecule has 0 saturated carbocycles. The Morgan fingerprint density at radius 1 is 1.17 bits per heavy atom. The van der Waals surface area contributed by atoms with Crippen molar-refractivity contribution < 1.29 is 0 Å². The van der Waals surface area contributed by atoms with Gasteiger partial charge >= 0.3 is 0 Å². The van der Waals surface area contributed by atoms with Crippen LogP contribution in [0.5, 0.6) is 0 Å². The molecule has 0 amide bonds. The highest BCUT2D eigenvalue weighted by molar-refractivity contribution is 6.38. The van der Waals surface area contributed by atoms with Crippen molar-refractivity contribution in [1.29, 1.82) is 0 Å². The summed E-state index contributed by atoms with van der Waals surface area (Å²) in [5, 5.41) is 1.17. The number of pyridine rings is 1. The number of benzene rings is 1. The Labute approximate surface area is 140 Å². The first kappa shape index (κ1) is 14.2. The van der Waals surface area contributed by atoms with Gasteiger partial charge in [-0.25, -0.2) is 9.97 Å². The van der Waals surface area contributed by atoms with Gasteiger partial charge in [0, 0.05) is 17.4 Å². The lowest BCUT2D eigenvalue weighted by molar-refractivity contribution is 0.734. The summed E-state index contributed by atoms with van der Waals surface area (Å²) >= 11 is 12.1. The number of halogens is 2. The van der Waals surface area contributed by atoms with Gasteiger partial charge in [-0.1, -0.05) is 29.3 Å². The van der Waals surface area contributed by atoms with Gasteiger partial charge in [0.25, 0.3) is 5.56 Å². The van der Waals surface area contributed by atoms with Crippen LogP contribution in [0.3, 0.4) is 0 Å². The lowest BCUT2D eigenvalue weighted by Crippen LogP contribution is -2.21. The molecular formula is C16H10Cl2N4O. The molecule has 0 aliphatic rings. The molecule has 0 unspecified atom stereocenters. The average Bonchev–Trinajstić information content (AvgIpc) is 2.93. The first-order valence-electron chi connectivity index (χ1n) is 6.88. The van der Waals surface area contributed by atoms with E-state index in [0.717, 1.165) is 11.3 Å². The van der Waals surface area contributed by atoms with Gasteiger partial charge in [-0.15, -0.1) is 0 Å². The summed E-state index contributed by atoms with van der Waals surface area (Å²) in [6.45, 7) is 0.327. The minimum atomic E-state index is -0.198. The molecule has 7 heteroatoms. The van der Waals surface area contributed by atoms with E-state index in [2.05, 4.69) is 9.97 Å². The van der Waals surface area contributed by atoms with Crippen molar-refractivity contribution in [3.63, 3.8) is 0 Å². The van der Waals surface area contributed by atoms with Crippen molar-refractivity contribution in [3.05, 3.63) is 75.1 Å². The molecule has 0 radical (unpaired) electrons. The molecule has 0 aliphatic carbocycles. The van der Waals surface area contributed by atoms with E-state index in [4.69, 9.17) is 23.2 Å². The van der Waals surface area contributed by atoms with Crippen LogP contribution in [0.2, 0.25) is 10.0 Å². The maximum absolute atomic E-state index is 12.6. The van der Waals surface area contributed by atoms with Crippen LogP contribution in [-0.4, -0.2) is 18.9 Å². The second-order valence-electron chi connectivity index (χ2n) is 5.16. The Morgan fingerprint density at radius 2 is 2.04 bits per heavy atom. The van der Waals surface area contributed by atoms with Gasteiger partial charge in [0.1, 0.15) is 5.65 Å². The van der Waals surface area contributed by atoms with E-state index in [1.54, 1.807) is 12.1 Å². The fraction of sp³-hybridized carbons (Fsp3) is 0.0625. The largest absolute Gasteiger partial charge is 0.307 e. The van der Waals surface area contributed by atoms with Crippen molar-refractivity contribution in [2.24, 2.45) is 0 Å². The zero-order chi connectivity index (χ0) is 16.0. The van der Waals surface area contributed by atoms with Gasteiger partial charge in [0.05, 0.1) is 34.5 Å². The normalized spacial score (nSPS) is 11.4. The molecule has 0 bridgehead atoms. The summed E-state index contributed by atoms with van der Waals surface area (Å²) in [5.41, 5.74) is 1.85. The molecule has 0 fully saturated rings. The Kier molecular flexibility index (Phi) is 3.32. The number of rotatable bonds is 2. The van der Waals surface area contributed by atoms with Crippen LogP contribution in [0.4, 0.5) is 0 Å². The van der Waals surface area contributed by atoms with E-state index in [1.165, 1.54) is 10.9 Å². The third-order valence-corrected chi connectivity index (χ3v) is 4.10. The third kappa shape index (κ3) is 2.48. The van der Waals surface area contributed by atoms with Crippen LogP contribution >= 0.6 is 23.2 Å². The van der Waals surface area contributed by atoms with Gasteiger partial charge < -0.3 is 4.40 Å². The average molecular weight is 345 g/mol. The maximum atomic E-state index is 12.6. The van der Waals surface area contributed by atoms with Crippen LogP contribution < -0.4 is 5.56 Å². The number of fused-ring (bicyclic) bond motifs is 2. The van der Waals surface area contributed by atoms with Crippen LogP contribution in [0.1, 0.15) is 5.69 Å². The Balaban J connectivity index is 1.82. The van der Waals surface area contributed by atoms with Crippen LogP contribution in [0, 0.1) is 0 Å². The molecule has 0 spiro atoms. The lowest BCUT2D eigenvalue weighted by Gasteiger charge is -2.06. The molecule has 0 saturated heterocycles. The fourth-order valence-electron chi connectivity index (χ4n) is 2.55. The Morgan fingerprint density at radius 3 is 2.87 bits per heavy atom. The van der Waals surface area contributed by atoms with E-state index in [-0.39, 0.29) is 5.56 Å². The molecule has 23 heavy (non-hydrogen) atoms. The van der Waals surface area contributed by atoms with Crippen molar-refractivity contribution in [2.75, 3.05) is 0 Å². The van der Waals surface area contributed by atoms with E-state index in [9.17, 15) is 4.79 Å². The summed E-state index contributed by atoms with van der Waals surface area (Å²) in [6.07, 6.45) is 5.28. The molecule has 3 aromatic heterocycles. The standard InChI is InChI=1S/C16H10Cl2N4O/c17-10-5-12-15(13(18)6-10)19-9-22(16(12)23)8-11-7-21-4-2-1-3-14(21)20-11/h1-7,9H,8H2. The number of aromatic nitrogens is 4. The quantitative estimate of drug-likeness (QED) is 0.560. The van der Waals surface area contributed by atoms with Crippen molar-refractivity contribution >= 4 is 39.8 Å². The molecule has 0 aliphatic heterocycles. The van der Waals surface area contributed by atoms with Crippen LogP contribution in [0.15, 0.2) is 53.8 Å². The molecule has 4 rings (SSSR count). The number of nitrogens with zero attached hydrogens (tertiary/aromatic N) is 4. The monoisotopic (exact) mass is 344 g/mol. The number of hydrogen-bond acceptors (Lipinski definition) is 3. The lowest BCUT2D eigenvalue weighted by atomic mass is 10.2. The Hall–Kier alpha value is -2.37. The molecular weight excluding hydrogens is 335 g/mol. The SMILES string of the molecule is O=c1c2cc(Cl)cc(Cl)c2ncn1Cc1cn2ccccc2n1. The minimum Gasteiger partial charge on any atom is -0.307 e. The summed E-state index contributed by atoms with van der Waals surface area (Å²) < 4.78 is 3.40. The van der Waals surface area contributed by atoms with Gasteiger partial charge in [-0.05, 0) is 24.3 Å². The van der Waals surface area contributed by atoms with Gasteiger partial charge in [0.2, 0.25) is 0 Å². The number of imidazole rings is 1. The predicted octanol–water partition coefficient (Wildman–Crippen LogP) is 3.40. The fourth-order valence-corrected chi connectivity index (χ4v) is 3.09. The topological polar surface area (TPSA) is 52.2 Å². The van der Waals surface area contributed by atoms with Crippen molar-refractivity contribution in [3.8, 4) is 0 Å². The zero-order valence-corrected chi connectivity index (χ0v) is 13.3. The van der Waals surface area contributed by atoms with Crippen LogP contribution in [-0.2, 0) is 6.54 Å². The van der Waals surface area contributed by atoms with Crippen molar-refractivity contribution in [2.45, 2.75) is 6.54 Å². The summed E-state index contributed by atoms with van der Waals surface area (Å²) in [4.78, 5) is 21.4. The molecule has 114 valence electrons. The third-order valence-electron chi connectivity index (χ3n) is 3.59. The zero-order valence-electron chi connectivity index (χ0n) is 11.8. The van der Waals surface area contributed by atoms with E-state index < -0.39 is 0 Å². The van der Waals surface area contributed by atoms with E-state index in [0.29, 0.717) is 27.5 Å². The van der Waals surface area contributed by atoms with Crippen molar-refractivity contribution in [1.82, 2.24) is 18.9 Å². The summed E-state index contributed by atoms with van der Waals surface area (Å²) in [5.74, 6) is 0. The summed E-state index contributed by atoms with van der Waals surface area (Å²) in [7, 11) is 0. The number of hydrogen-bond donors (Lipinski definition) is 0. The van der Waals surface area contributed by atoms with Gasteiger partial charge in [-0.3, -0.25) is 9.36 Å². The highest BCUT2D eigenvalue weighted by Gasteiger charge is 2.10. The highest BCUT2D eigenvalue weighted by Crippen LogP contribution is 2.24. The molecule has 3 heterocycles. The van der Waals surface area contributed by atoms with Gasteiger partial charge in [-0.2, -0.15) is 0 Å². The smallest absolute Gasteiger partial charge is 0.261 e. The maximum Gasteiger partial charge on any atom is 0.261 e. The second kappa shape index (κ2) is 5.37. The van der Waals surface area contributed by atoms with E-state index in [1.807, 2.05) is 35.0 Å². The first-order valence-corrected chi connectivity index (χ1v) is 7.64. The Bertz CT molecular complexity index is 1070. The van der Waals surface area contributed by atoms with E-state index >= 15 is 0 Å². The highest BCUT2D eigenvalue weighted by atomic mass is 35.5. The molecule has 5 nitrogen and oxygen atoms in total. The molecule has 4 aromatic rings. The molecule has 0 atom stereocenters.